The number of halogens is 1. The Morgan fingerprint density at radius 2 is 1.94 bits per heavy atom. The number of hydrogen-bond donors (Lipinski definition) is 1. The van der Waals surface area contributed by atoms with Crippen LogP contribution >= 0.6 is 11.6 Å². The number of rotatable bonds is 7. The molecule has 0 radical (unpaired) electrons. The van der Waals surface area contributed by atoms with Crippen LogP contribution in [0.3, 0.4) is 0 Å². The van der Waals surface area contributed by atoms with Gasteiger partial charge in [0.05, 0.1) is 17.7 Å². The van der Waals surface area contributed by atoms with E-state index >= 15 is 0 Å². The van der Waals surface area contributed by atoms with Crippen molar-refractivity contribution in [2.45, 2.75) is 32.9 Å². The van der Waals surface area contributed by atoms with Gasteiger partial charge in [0, 0.05) is 6.04 Å². The first-order chi connectivity index (χ1) is 8.54. The number of ether oxygens (including phenoxy) is 2. The molecule has 0 aliphatic rings. The van der Waals surface area contributed by atoms with Crippen molar-refractivity contribution in [1.82, 2.24) is 5.32 Å². The molecule has 1 aromatic carbocycles. The van der Waals surface area contributed by atoms with Gasteiger partial charge in [-0.05, 0) is 45.5 Å². The summed E-state index contributed by atoms with van der Waals surface area (Å²) in [6.45, 7) is 7.17. The molecule has 0 aliphatic carbocycles. The molecule has 1 aromatic rings. The van der Waals surface area contributed by atoms with E-state index in [4.69, 9.17) is 21.1 Å². The number of benzene rings is 1. The van der Waals surface area contributed by atoms with Gasteiger partial charge in [0.1, 0.15) is 12.4 Å². The van der Waals surface area contributed by atoms with Crippen molar-refractivity contribution in [3.8, 4) is 5.75 Å². The smallest absolute Gasteiger partial charge is 0.138 e. The Hall–Kier alpha value is -0.770. The molecule has 4 heteroatoms. The lowest BCUT2D eigenvalue weighted by Crippen LogP contribution is -2.13. The summed E-state index contributed by atoms with van der Waals surface area (Å²) >= 11 is 6.18. The van der Waals surface area contributed by atoms with Crippen molar-refractivity contribution in [1.29, 1.82) is 0 Å². The maximum Gasteiger partial charge on any atom is 0.138 e. The molecule has 3 nitrogen and oxygen atoms in total. The lowest BCUT2D eigenvalue weighted by atomic mass is 10.1. The summed E-state index contributed by atoms with van der Waals surface area (Å²) in [5, 5.41) is 3.81. The predicted molar refractivity (Wildman–Crippen MR) is 75.5 cm³/mol. The average Bonchev–Trinajstić information content (AvgIpc) is 2.34. The highest BCUT2D eigenvalue weighted by Crippen LogP contribution is 2.27. The highest BCUT2D eigenvalue weighted by Gasteiger charge is 2.07. The summed E-state index contributed by atoms with van der Waals surface area (Å²) in [4.78, 5) is 0. The zero-order chi connectivity index (χ0) is 13.5. The van der Waals surface area contributed by atoms with Crippen LogP contribution in [-0.4, -0.2) is 26.4 Å². The van der Waals surface area contributed by atoms with Crippen LogP contribution in [0, 0.1) is 0 Å². The first-order valence-corrected chi connectivity index (χ1v) is 6.63. The molecule has 18 heavy (non-hydrogen) atoms. The molecular formula is C14H22ClNO2. The molecule has 0 saturated heterocycles. The number of nitrogens with one attached hydrogen (secondary N) is 1. The molecule has 0 aromatic heterocycles. The van der Waals surface area contributed by atoms with Crippen LogP contribution in [0.15, 0.2) is 18.2 Å². The van der Waals surface area contributed by atoms with Gasteiger partial charge in [0.2, 0.25) is 0 Å². The summed E-state index contributed by atoms with van der Waals surface area (Å²) in [6, 6.07) is 6.13. The molecular weight excluding hydrogens is 250 g/mol. The maximum atomic E-state index is 6.18. The monoisotopic (exact) mass is 271 g/mol. The van der Waals surface area contributed by atoms with Crippen molar-refractivity contribution in [2.75, 3.05) is 20.3 Å². The number of hydrogen-bond acceptors (Lipinski definition) is 3. The normalized spacial score (nSPS) is 12.8. The second kappa shape index (κ2) is 7.62. The van der Waals surface area contributed by atoms with Gasteiger partial charge in [-0.25, -0.2) is 0 Å². The van der Waals surface area contributed by atoms with E-state index in [0.717, 1.165) is 5.56 Å². The fourth-order valence-corrected chi connectivity index (χ4v) is 1.75. The standard InChI is InChI=1S/C14H22ClNO2/c1-10(2)17-7-8-18-14-6-5-12(9-13(14)15)11(3)16-4/h5-6,9-11,16H,7-8H2,1-4H3. The summed E-state index contributed by atoms with van der Waals surface area (Å²) in [5.74, 6) is 0.705. The zero-order valence-electron chi connectivity index (χ0n) is 11.5. The summed E-state index contributed by atoms with van der Waals surface area (Å²) in [5.41, 5.74) is 1.15. The third-order valence-corrected chi connectivity index (χ3v) is 2.98. The molecule has 1 N–H and O–H groups in total. The van der Waals surface area contributed by atoms with E-state index < -0.39 is 0 Å². The Balaban J connectivity index is 2.52. The van der Waals surface area contributed by atoms with Gasteiger partial charge in [0.15, 0.2) is 0 Å². The minimum atomic E-state index is 0.225. The minimum absolute atomic E-state index is 0.225. The fraction of sp³-hybridized carbons (Fsp3) is 0.571. The fourth-order valence-electron chi connectivity index (χ4n) is 1.51. The van der Waals surface area contributed by atoms with E-state index in [0.29, 0.717) is 24.0 Å². The second-order valence-corrected chi connectivity index (χ2v) is 4.88. The van der Waals surface area contributed by atoms with Crippen LogP contribution in [0.4, 0.5) is 0 Å². The third kappa shape index (κ3) is 4.84. The Kier molecular flexibility index (Phi) is 6.47. The SMILES string of the molecule is CNC(C)c1ccc(OCCOC(C)C)c(Cl)c1. The lowest BCUT2D eigenvalue weighted by molar-refractivity contribution is 0.0553. The Labute approximate surface area is 114 Å². The third-order valence-electron chi connectivity index (χ3n) is 2.68. The maximum absolute atomic E-state index is 6.18. The van der Waals surface area contributed by atoms with Crippen LogP contribution in [0.1, 0.15) is 32.4 Å². The largest absolute Gasteiger partial charge is 0.490 e. The van der Waals surface area contributed by atoms with Gasteiger partial charge in [-0.15, -0.1) is 0 Å². The van der Waals surface area contributed by atoms with Gasteiger partial charge in [-0.3, -0.25) is 0 Å². The molecule has 0 spiro atoms. The van der Waals surface area contributed by atoms with E-state index in [1.54, 1.807) is 0 Å². The predicted octanol–water partition coefficient (Wildman–Crippen LogP) is 3.42. The molecule has 1 rings (SSSR count). The van der Waals surface area contributed by atoms with Crippen LogP contribution in [0.5, 0.6) is 5.75 Å². The average molecular weight is 272 g/mol. The Morgan fingerprint density at radius 1 is 1.22 bits per heavy atom. The Morgan fingerprint density at radius 3 is 2.50 bits per heavy atom. The molecule has 0 heterocycles. The van der Waals surface area contributed by atoms with Crippen molar-refractivity contribution < 1.29 is 9.47 Å². The van der Waals surface area contributed by atoms with Gasteiger partial charge in [-0.1, -0.05) is 17.7 Å². The quantitative estimate of drug-likeness (QED) is 0.771. The van der Waals surface area contributed by atoms with E-state index in [1.165, 1.54) is 0 Å². The highest BCUT2D eigenvalue weighted by atomic mass is 35.5. The van der Waals surface area contributed by atoms with Crippen LogP contribution in [0.2, 0.25) is 5.02 Å². The molecule has 1 unspecified atom stereocenters. The molecule has 0 aliphatic heterocycles. The van der Waals surface area contributed by atoms with Crippen molar-refractivity contribution in [2.24, 2.45) is 0 Å². The van der Waals surface area contributed by atoms with Crippen molar-refractivity contribution in [3.63, 3.8) is 0 Å². The molecule has 102 valence electrons. The van der Waals surface area contributed by atoms with Gasteiger partial charge in [0.25, 0.3) is 0 Å². The first kappa shape index (κ1) is 15.3. The summed E-state index contributed by atoms with van der Waals surface area (Å²) < 4.78 is 11.0. The van der Waals surface area contributed by atoms with Crippen LogP contribution in [0.25, 0.3) is 0 Å². The zero-order valence-corrected chi connectivity index (χ0v) is 12.3. The molecule has 0 amide bonds. The van der Waals surface area contributed by atoms with Gasteiger partial charge in [-0.2, -0.15) is 0 Å². The molecule has 0 saturated carbocycles. The minimum Gasteiger partial charge on any atom is -0.490 e. The van der Waals surface area contributed by atoms with E-state index in [-0.39, 0.29) is 12.1 Å². The van der Waals surface area contributed by atoms with Gasteiger partial charge >= 0.3 is 0 Å². The Bertz CT molecular complexity index is 369. The van der Waals surface area contributed by atoms with E-state index in [9.17, 15) is 0 Å². The highest BCUT2D eigenvalue weighted by molar-refractivity contribution is 6.32. The topological polar surface area (TPSA) is 30.5 Å². The molecule has 1 atom stereocenters. The second-order valence-electron chi connectivity index (χ2n) is 4.47. The summed E-state index contributed by atoms with van der Waals surface area (Å²) in [7, 11) is 1.92. The van der Waals surface area contributed by atoms with Crippen LogP contribution < -0.4 is 10.1 Å². The summed E-state index contributed by atoms with van der Waals surface area (Å²) in [6.07, 6.45) is 0.225. The van der Waals surface area contributed by atoms with E-state index in [2.05, 4.69) is 12.2 Å². The molecule has 0 fully saturated rings. The van der Waals surface area contributed by atoms with Crippen molar-refractivity contribution in [3.05, 3.63) is 28.8 Å². The van der Waals surface area contributed by atoms with E-state index in [1.807, 2.05) is 39.1 Å². The van der Waals surface area contributed by atoms with Gasteiger partial charge < -0.3 is 14.8 Å². The van der Waals surface area contributed by atoms with Crippen molar-refractivity contribution >= 4 is 11.6 Å². The van der Waals surface area contributed by atoms with Crippen LogP contribution in [-0.2, 0) is 4.74 Å². The molecule has 0 bridgehead atoms. The first-order valence-electron chi connectivity index (χ1n) is 6.25. The lowest BCUT2D eigenvalue weighted by Gasteiger charge is -2.14.